The van der Waals surface area contributed by atoms with Crippen LogP contribution in [0.4, 0.5) is 30.7 Å². The van der Waals surface area contributed by atoms with Crippen LogP contribution in [0.1, 0.15) is 80.3 Å². The maximum Gasteiger partial charge on any atom is 0.527 e. The molecule has 0 aromatic heterocycles. The Morgan fingerprint density at radius 2 is 1.62 bits per heavy atom. The summed E-state index contributed by atoms with van der Waals surface area (Å²) in [6, 6.07) is 2.05. The summed E-state index contributed by atoms with van der Waals surface area (Å²) < 4.78 is 107. The first-order valence-corrected chi connectivity index (χ1v) is 11.4. The summed E-state index contributed by atoms with van der Waals surface area (Å²) in [5.74, 6) is -4.86. The van der Waals surface area contributed by atoms with E-state index in [1.54, 1.807) is 0 Å². The van der Waals surface area contributed by atoms with Crippen LogP contribution in [0.15, 0.2) is 12.1 Å². The highest BCUT2D eigenvalue weighted by Crippen LogP contribution is 2.42. The molecular weight excluding hydrogens is 473 g/mol. The number of halogens is 7. The molecule has 1 aromatic carbocycles. The fourth-order valence-corrected chi connectivity index (χ4v) is 4.64. The topological polar surface area (TPSA) is 44.8 Å². The molecule has 0 N–H and O–H groups in total. The van der Waals surface area contributed by atoms with E-state index in [9.17, 15) is 35.5 Å². The standard InChI is InChI=1S/C23H27F7O4/c1-2-3-13-4-9-19(32-12-13)14-10-17(24)20(18(25)11-14)21(31)33-16-7-5-15(6-8-16)22(26,27)34-23(28,29)30/h10-11,13,15-16,19H,2-9,12H2,1H3. The van der Waals surface area contributed by atoms with E-state index in [4.69, 9.17) is 9.47 Å². The lowest BCUT2D eigenvalue weighted by atomic mass is 9.86. The van der Waals surface area contributed by atoms with Crippen LogP contribution >= 0.6 is 0 Å². The number of rotatable bonds is 7. The van der Waals surface area contributed by atoms with Crippen molar-refractivity contribution in [2.45, 2.75) is 83.0 Å². The molecule has 34 heavy (non-hydrogen) atoms. The van der Waals surface area contributed by atoms with E-state index in [0.717, 1.165) is 31.4 Å². The average Bonchev–Trinajstić information content (AvgIpc) is 2.72. The first-order valence-electron chi connectivity index (χ1n) is 11.4. The van der Waals surface area contributed by atoms with Gasteiger partial charge < -0.3 is 9.47 Å². The highest BCUT2D eigenvalue weighted by Gasteiger charge is 2.51. The lowest BCUT2D eigenvalue weighted by Crippen LogP contribution is -2.40. The van der Waals surface area contributed by atoms with Gasteiger partial charge in [0.1, 0.15) is 23.3 Å². The van der Waals surface area contributed by atoms with Gasteiger partial charge in [0.2, 0.25) is 0 Å². The van der Waals surface area contributed by atoms with Gasteiger partial charge in [0, 0.05) is 0 Å². The van der Waals surface area contributed by atoms with Crippen molar-refractivity contribution in [1.82, 2.24) is 0 Å². The molecule has 0 radical (unpaired) electrons. The largest absolute Gasteiger partial charge is 0.527 e. The fourth-order valence-electron chi connectivity index (χ4n) is 4.64. The molecule has 1 saturated heterocycles. The summed E-state index contributed by atoms with van der Waals surface area (Å²) in [6.07, 6.45) is -9.08. The number of carbonyl (C=O) groups excluding carboxylic acids is 1. The van der Waals surface area contributed by atoms with E-state index >= 15 is 0 Å². The molecule has 1 aromatic rings. The third kappa shape index (κ3) is 6.84. The highest BCUT2D eigenvalue weighted by atomic mass is 19.4. The first kappa shape index (κ1) is 26.7. The van der Waals surface area contributed by atoms with E-state index in [1.165, 1.54) is 0 Å². The zero-order chi connectivity index (χ0) is 25.1. The second-order valence-corrected chi connectivity index (χ2v) is 8.90. The number of hydrogen-bond donors (Lipinski definition) is 0. The van der Waals surface area contributed by atoms with Crippen molar-refractivity contribution in [3.8, 4) is 0 Å². The molecule has 192 valence electrons. The van der Waals surface area contributed by atoms with E-state index in [2.05, 4.69) is 11.7 Å². The molecule has 11 heteroatoms. The van der Waals surface area contributed by atoms with E-state index in [1.807, 2.05) is 0 Å². The Balaban J connectivity index is 1.57. The summed E-state index contributed by atoms with van der Waals surface area (Å²) >= 11 is 0. The van der Waals surface area contributed by atoms with Crippen LogP contribution in [-0.4, -0.2) is 31.2 Å². The van der Waals surface area contributed by atoms with Gasteiger partial charge in [-0.25, -0.2) is 18.3 Å². The number of ether oxygens (including phenoxy) is 3. The molecule has 2 fully saturated rings. The van der Waals surface area contributed by atoms with Gasteiger partial charge >= 0.3 is 18.4 Å². The maximum absolute atomic E-state index is 14.6. The van der Waals surface area contributed by atoms with Crippen LogP contribution in [0, 0.1) is 23.5 Å². The Bertz CT molecular complexity index is 819. The molecule has 1 aliphatic heterocycles. The number of esters is 1. The Kier molecular flexibility index (Phi) is 8.49. The minimum absolute atomic E-state index is 0.191. The lowest BCUT2D eigenvalue weighted by molar-refractivity contribution is -0.438. The van der Waals surface area contributed by atoms with Crippen molar-refractivity contribution >= 4 is 5.97 Å². The Morgan fingerprint density at radius 1 is 1.00 bits per heavy atom. The highest BCUT2D eigenvalue weighted by molar-refractivity contribution is 5.90. The summed E-state index contributed by atoms with van der Waals surface area (Å²) in [4.78, 5) is 12.4. The van der Waals surface area contributed by atoms with Gasteiger partial charge in [0.05, 0.1) is 18.6 Å². The first-order chi connectivity index (χ1) is 15.9. The van der Waals surface area contributed by atoms with Gasteiger partial charge in [-0.2, -0.15) is 8.78 Å². The minimum Gasteiger partial charge on any atom is -0.459 e. The summed E-state index contributed by atoms with van der Waals surface area (Å²) in [6.45, 7) is 2.55. The zero-order valence-electron chi connectivity index (χ0n) is 18.6. The van der Waals surface area contributed by atoms with Crippen LogP contribution in [-0.2, 0) is 14.2 Å². The number of alkyl halides is 5. The van der Waals surface area contributed by atoms with Crippen LogP contribution in [0.25, 0.3) is 0 Å². The molecule has 0 spiro atoms. The van der Waals surface area contributed by atoms with E-state index < -0.39 is 66.6 Å². The second-order valence-electron chi connectivity index (χ2n) is 8.90. The van der Waals surface area contributed by atoms with Gasteiger partial charge in [-0.3, -0.25) is 0 Å². The van der Waals surface area contributed by atoms with E-state index in [-0.39, 0.29) is 18.4 Å². The van der Waals surface area contributed by atoms with Gasteiger partial charge in [0.25, 0.3) is 0 Å². The van der Waals surface area contributed by atoms with Gasteiger partial charge in [-0.1, -0.05) is 13.3 Å². The van der Waals surface area contributed by atoms with Crippen LogP contribution < -0.4 is 0 Å². The monoisotopic (exact) mass is 500 g/mol. The van der Waals surface area contributed by atoms with Crippen molar-refractivity contribution in [1.29, 1.82) is 0 Å². The van der Waals surface area contributed by atoms with Crippen molar-refractivity contribution in [3.05, 3.63) is 34.9 Å². The molecule has 1 saturated carbocycles. The van der Waals surface area contributed by atoms with Gasteiger partial charge in [-0.05, 0) is 68.6 Å². The Morgan fingerprint density at radius 3 is 2.12 bits per heavy atom. The SMILES string of the molecule is CCCC1CCC(c2cc(F)c(C(=O)OC3CCC(C(F)(F)OC(F)(F)F)CC3)c(F)c2)OC1. The fraction of sp³-hybridized carbons (Fsp3) is 0.696. The van der Waals surface area contributed by atoms with Crippen LogP contribution in [0.5, 0.6) is 0 Å². The Hall–Kier alpha value is -1.88. The smallest absolute Gasteiger partial charge is 0.459 e. The van der Waals surface area contributed by atoms with Crippen molar-refractivity contribution in [2.75, 3.05) is 6.61 Å². The van der Waals surface area contributed by atoms with Gasteiger partial charge in [-0.15, -0.1) is 13.2 Å². The number of hydrogen-bond acceptors (Lipinski definition) is 4. The zero-order valence-corrected chi connectivity index (χ0v) is 18.6. The predicted molar refractivity (Wildman–Crippen MR) is 106 cm³/mol. The average molecular weight is 500 g/mol. The molecule has 2 unspecified atom stereocenters. The summed E-state index contributed by atoms with van der Waals surface area (Å²) in [7, 11) is 0. The van der Waals surface area contributed by atoms with Crippen molar-refractivity contribution in [2.24, 2.45) is 11.8 Å². The molecule has 2 aliphatic rings. The minimum atomic E-state index is -5.49. The van der Waals surface area contributed by atoms with Gasteiger partial charge in [0.15, 0.2) is 0 Å². The number of benzene rings is 1. The normalized spacial score (nSPS) is 26.4. The van der Waals surface area contributed by atoms with Crippen LogP contribution in [0.3, 0.4) is 0 Å². The molecule has 1 heterocycles. The maximum atomic E-state index is 14.6. The predicted octanol–water partition coefficient (Wildman–Crippen LogP) is 7.08. The molecule has 0 bridgehead atoms. The van der Waals surface area contributed by atoms with E-state index in [0.29, 0.717) is 18.9 Å². The molecule has 3 rings (SSSR count). The van der Waals surface area contributed by atoms with Crippen molar-refractivity contribution < 1.29 is 49.7 Å². The summed E-state index contributed by atoms with van der Waals surface area (Å²) in [5, 5.41) is 0. The molecule has 4 nitrogen and oxygen atoms in total. The van der Waals surface area contributed by atoms with Crippen molar-refractivity contribution in [3.63, 3.8) is 0 Å². The second kappa shape index (κ2) is 10.8. The van der Waals surface area contributed by atoms with Crippen LogP contribution in [0.2, 0.25) is 0 Å². The quantitative estimate of drug-likeness (QED) is 0.297. The lowest BCUT2D eigenvalue weighted by Gasteiger charge is -2.33. The third-order valence-electron chi connectivity index (χ3n) is 6.38. The molecule has 2 atom stereocenters. The molecule has 1 aliphatic carbocycles. The summed E-state index contributed by atoms with van der Waals surface area (Å²) in [5.41, 5.74) is -0.634. The number of carbonyl (C=O) groups is 1. The Labute approximate surface area is 192 Å². The molecule has 0 amide bonds. The third-order valence-corrected chi connectivity index (χ3v) is 6.38. The molecular formula is C23H27F7O4.